The number of nitrogens with one attached hydrogen (secondary N) is 1. The number of nitrogens with zero attached hydrogens (tertiary/aromatic N) is 1. The van der Waals surface area contributed by atoms with Crippen LogP contribution in [-0.2, 0) is 16.1 Å². The third kappa shape index (κ3) is 3.68. The second kappa shape index (κ2) is 6.51. The normalized spacial score (nSPS) is 13.2. The smallest absolute Gasteiger partial charge is 0.362 e. The van der Waals surface area contributed by atoms with Crippen LogP contribution in [0.5, 0.6) is 0 Å². The van der Waals surface area contributed by atoms with E-state index in [9.17, 15) is 4.79 Å². The van der Waals surface area contributed by atoms with Crippen LogP contribution in [0.25, 0.3) is 0 Å². The van der Waals surface area contributed by atoms with Crippen molar-refractivity contribution in [3.05, 3.63) is 59.8 Å². The molecule has 0 spiro atoms. The maximum atomic E-state index is 11.5. The molecule has 1 aliphatic rings. The van der Waals surface area contributed by atoms with Gasteiger partial charge in [0.1, 0.15) is 0 Å². The summed E-state index contributed by atoms with van der Waals surface area (Å²) < 4.78 is 0. The largest absolute Gasteiger partial charge is 0.429 e. The zero-order chi connectivity index (χ0) is 12.6. The number of carbonyl (C=O) groups is 1. The van der Waals surface area contributed by atoms with E-state index < -0.39 is 5.97 Å². The van der Waals surface area contributed by atoms with Crippen LogP contribution in [-0.4, -0.2) is 18.7 Å². The van der Waals surface area contributed by atoms with Crippen LogP contribution in [0.3, 0.4) is 0 Å². The van der Waals surface area contributed by atoms with E-state index in [1.165, 1.54) is 5.56 Å². The Morgan fingerprint density at radius 3 is 2.78 bits per heavy atom. The molecule has 1 heterocycles. The standard InChI is InChI=1S/C14H14N2O2/c17-14(13-8-4-5-10-15-13)18-16-11-9-12-6-2-1-3-7-12/h1-8,10,16H,9,11H2/q+1. The van der Waals surface area contributed by atoms with E-state index in [1.807, 2.05) is 30.3 Å². The minimum atomic E-state index is -0.469. The van der Waals surface area contributed by atoms with Gasteiger partial charge in [0.2, 0.25) is 6.21 Å². The average molecular weight is 242 g/mol. The van der Waals surface area contributed by atoms with E-state index in [1.54, 1.807) is 24.4 Å². The van der Waals surface area contributed by atoms with E-state index in [4.69, 9.17) is 4.84 Å². The number of carbonyl (C=O) groups excluding carboxylic acids is 1. The lowest BCUT2D eigenvalue weighted by Gasteiger charge is -2.03. The highest BCUT2D eigenvalue weighted by Crippen LogP contribution is 1.99. The fourth-order valence-corrected chi connectivity index (χ4v) is 1.49. The van der Waals surface area contributed by atoms with Crippen molar-refractivity contribution in [2.75, 3.05) is 6.54 Å². The van der Waals surface area contributed by atoms with Crippen molar-refractivity contribution in [1.29, 1.82) is 0 Å². The Labute approximate surface area is 106 Å². The molecule has 0 aliphatic carbocycles. The van der Waals surface area contributed by atoms with Gasteiger partial charge in [-0.2, -0.15) is 5.48 Å². The second-order valence-corrected chi connectivity index (χ2v) is 3.73. The molecule has 2 rings (SSSR count). The molecule has 18 heavy (non-hydrogen) atoms. The van der Waals surface area contributed by atoms with Gasteiger partial charge < -0.3 is 4.84 Å². The van der Waals surface area contributed by atoms with Gasteiger partial charge in [-0.05, 0) is 18.1 Å². The molecule has 4 nitrogen and oxygen atoms in total. The highest BCUT2D eigenvalue weighted by atomic mass is 16.7. The molecule has 0 saturated carbocycles. The molecule has 91 valence electrons. The summed E-state index contributed by atoms with van der Waals surface area (Å²) in [6.07, 6.45) is 7.46. The van der Waals surface area contributed by atoms with Crippen molar-refractivity contribution in [3.8, 4) is 0 Å². The Morgan fingerprint density at radius 2 is 2.06 bits per heavy atom. The molecule has 0 aromatic heterocycles. The minimum absolute atomic E-state index is 0.296. The summed E-state index contributed by atoms with van der Waals surface area (Å²) in [6.45, 7) is 0.572. The summed E-state index contributed by atoms with van der Waals surface area (Å²) in [7, 11) is 0. The van der Waals surface area contributed by atoms with E-state index in [0.717, 1.165) is 6.42 Å². The average Bonchev–Trinajstić information content (AvgIpc) is 2.45. The number of hydroxylamine groups is 1. The Hall–Kier alpha value is -2.20. The van der Waals surface area contributed by atoms with Crippen molar-refractivity contribution in [3.63, 3.8) is 0 Å². The van der Waals surface area contributed by atoms with Crippen molar-refractivity contribution >= 4 is 12.2 Å². The zero-order valence-corrected chi connectivity index (χ0v) is 9.87. The summed E-state index contributed by atoms with van der Waals surface area (Å²) in [5.74, 6) is -0.469. The fourth-order valence-electron chi connectivity index (χ4n) is 1.49. The Bertz CT molecular complexity index is 490. The summed E-state index contributed by atoms with van der Waals surface area (Å²) in [6, 6.07) is 9.99. The number of benzene rings is 1. The number of hydrogen-bond acceptors (Lipinski definition) is 4. The Kier molecular flexibility index (Phi) is 4.44. The maximum absolute atomic E-state index is 11.5. The highest BCUT2D eigenvalue weighted by molar-refractivity contribution is 5.91. The van der Waals surface area contributed by atoms with Crippen LogP contribution >= 0.6 is 0 Å². The molecule has 0 saturated heterocycles. The summed E-state index contributed by atoms with van der Waals surface area (Å²) in [5, 5.41) is 0. The number of allylic oxidation sites excluding steroid dienone is 3. The van der Waals surface area contributed by atoms with Crippen LogP contribution in [0.1, 0.15) is 5.56 Å². The summed E-state index contributed by atoms with van der Waals surface area (Å²) >= 11 is 0. The number of hydrogen-bond donors (Lipinski definition) is 1. The van der Waals surface area contributed by atoms with Crippen molar-refractivity contribution < 1.29 is 9.63 Å². The fraction of sp³-hybridized carbons (Fsp3) is 0.143. The molecule has 1 aliphatic heterocycles. The van der Waals surface area contributed by atoms with Crippen LogP contribution in [0.15, 0.2) is 54.3 Å². The lowest BCUT2D eigenvalue weighted by atomic mass is 10.2. The van der Waals surface area contributed by atoms with Gasteiger partial charge in [0.25, 0.3) is 0 Å². The first-order chi connectivity index (χ1) is 8.86. The lowest BCUT2D eigenvalue weighted by Crippen LogP contribution is -2.25. The van der Waals surface area contributed by atoms with E-state index in [0.29, 0.717) is 12.2 Å². The molecule has 0 fully saturated rings. The Morgan fingerprint density at radius 1 is 1.22 bits per heavy atom. The summed E-state index contributed by atoms with van der Waals surface area (Å²) in [5.41, 5.74) is 4.13. The molecule has 1 radical (unpaired) electrons. The molecule has 0 unspecified atom stereocenters. The number of rotatable bonds is 5. The monoisotopic (exact) mass is 242 g/mol. The molecule has 4 heteroatoms. The summed E-state index contributed by atoms with van der Waals surface area (Å²) in [4.78, 5) is 20.3. The first-order valence-electron chi connectivity index (χ1n) is 5.75. The molecule has 1 aromatic carbocycles. The van der Waals surface area contributed by atoms with Gasteiger partial charge in [0, 0.05) is 18.7 Å². The molecular formula is C14H14N2O2+. The molecular weight excluding hydrogens is 228 g/mol. The number of aliphatic imine (C=N–C) groups is 1. The second-order valence-electron chi connectivity index (χ2n) is 3.73. The van der Waals surface area contributed by atoms with E-state index in [2.05, 4.69) is 10.5 Å². The predicted octanol–water partition coefficient (Wildman–Crippen LogP) is 1.14. The van der Waals surface area contributed by atoms with Gasteiger partial charge in [-0.15, -0.1) is 0 Å². The minimum Gasteiger partial charge on any atom is -0.362 e. The van der Waals surface area contributed by atoms with Gasteiger partial charge in [0.05, 0.1) is 4.99 Å². The van der Waals surface area contributed by atoms with Gasteiger partial charge in [0.15, 0.2) is 0 Å². The molecule has 0 bridgehead atoms. The van der Waals surface area contributed by atoms with Crippen molar-refractivity contribution in [1.82, 2.24) is 10.5 Å². The lowest BCUT2D eigenvalue weighted by molar-refractivity contribution is -0.146. The SMILES string of the molecule is O=C(ONCCc1ccccc1)C1=CC=CC=[N+]1. The van der Waals surface area contributed by atoms with E-state index >= 15 is 0 Å². The van der Waals surface area contributed by atoms with Crippen molar-refractivity contribution in [2.24, 2.45) is 0 Å². The van der Waals surface area contributed by atoms with Crippen LogP contribution in [0.4, 0.5) is 0 Å². The highest BCUT2D eigenvalue weighted by Gasteiger charge is 2.21. The third-order valence-electron chi connectivity index (χ3n) is 2.40. The molecule has 1 aromatic rings. The maximum Gasteiger partial charge on any atom is 0.429 e. The van der Waals surface area contributed by atoms with Crippen molar-refractivity contribution in [2.45, 2.75) is 6.42 Å². The van der Waals surface area contributed by atoms with Gasteiger partial charge >= 0.3 is 11.7 Å². The van der Waals surface area contributed by atoms with Crippen LogP contribution < -0.4 is 10.5 Å². The third-order valence-corrected chi connectivity index (χ3v) is 2.40. The topological polar surface area (TPSA) is 52.4 Å². The van der Waals surface area contributed by atoms with Crippen LogP contribution in [0.2, 0.25) is 0 Å². The molecule has 0 atom stereocenters. The zero-order valence-electron chi connectivity index (χ0n) is 9.87. The van der Waals surface area contributed by atoms with Crippen LogP contribution in [0, 0.1) is 0 Å². The van der Waals surface area contributed by atoms with Gasteiger partial charge in [-0.25, -0.2) is 4.79 Å². The van der Waals surface area contributed by atoms with Gasteiger partial charge in [-0.3, -0.25) is 0 Å². The molecule has 0 amide bonds. The molecule has 1 N–H and O–H groups in total. The van der Waals surface area contributed by atoms with E-state index in [-0.39, 0.29) is 0 Å². The predicted molar refractivity (Wildman–Crippen MR) is 69.7 cm³/mol. The Balaban J connectivity index is 1.70. The first-order valence-corrected chi connectivity index (χ1v) is 5.75. The van der Waals surface area contributed by atoms with Gasteiger partial charge in [-0.1, -0.05) is 30.3 Å². The first kappa shape index (κ1) is 12.3. The quantitative estimate of drug-likeness (QED) is 0.622.